The highest BCUT2D eigenvalue weighted by Crippen LogP contribution is 2.39. The van der Waals surface area contributed by atoms with Crippen LogP contribution in [0, 0.1) is 5.92 Å². The molecule has 1 aliphatic carbocycles. The first-order valence-corrected chi connectivity index (χ1v) is 9.77. The highest BCUT2D eigenvalue weighted by molar-refractivity contribution is 7.13. The van der Waals surface area contributed by atoms with Crippen LogP contribution in [-0.2, 0) is 4.79 Å². The van der Waals surface area contributed by atoms with Gasteiger partial charge in [0, 0.05) is 23.6 Å². The van der Waals surface area contributed by atoms with Crippen molar-refractivity contribution in [2.75, 3.05) is 17.7 Å². The van der Waals surface area contributed by atoms with Gasteiger partial charge in [0.05, 0.1) is 24.0 Å². The van der Waals surface area contributed by atoms with Gasteiger partial charge in [-0.3, -0.25) is 9.59 Å². The fourth-order valence-corrected chi connectivity index (χ4v) is 3.49. The van der Waals surface area contributed by atoms with E-state index in [1.54, 1.807) is 19.4 Å². The number of thiazole rings is 1. The van der Waals surface area contributed by atoms with Gasteiger partial charge in [0.1, 0.15) is 5.01 Å². The second-order valence-electron chi connectivity index (χ2n) is 6.47. The first-order chi connectivity index (χ1) is 14.1. The Bertz CT molecular complexity index is 1070. The number of hydrogen-bond acceptors (Lipinski definition) is 8. The highest BCUT2D eigenvalue weighted by atomic mass is 32.1. The predicted octanol–water partition coefficient (Wildman–Crippen LogP) is 2.80. The van der Waals surface area contributed by atoms with Gasteiger partial charge in [-0.1, -0.05) is 6.07 Å². The zero-order valence-electron chi connectivity index (χ0n) is 15.5. The molecule has 0 radical (unpaired) electrons. The summed E-state index contributed by atoms with van der Waals surface area (Å²) in [5, 5.41) is 16.3. The molecule has 2 amide bonds. The lowest BCUT2D eigenvalue weighted by Crippen LogP contribution is -2.19. The minimum atomic E-state index is -0.741. The van der Waals surface area contributed by atoms with Crippen LogP contribution in [0.15, 0.2) is 35.8 Å². The van der Waals surface area contributed by atoms with E-state index in [1.807, 2.05) is 17.5 Å². The summed E-state index contributed by atoms with van der Waals surface area (Å²) in [7, 11) is 1.55. The first-order valence-electron chi connectivity index (χ1n) is 8.89. The minimum Gasteiger partial charge on any atom is -0.494 e. The van der Waals surface area contributed by atoms with Crippen LogP contribution in [-0.4, -0.2) is 34.1 Å². The fraction of sp³-hybridized carbons (Fsp3) is 0.211. The number of aromatic nitrogens is 3. The van der Waals surface area contributed by atoms with Crippen LogP contribution in [0.1, 0.15) is 23.3 Å². The van der Waals surface area contributed by atoms with Crippen molar-refractivity contribution < 1.29 is 14.3 Å². The summed E-state index contributed by atoms with van der Waals surface area (Å²) in [6, 6.07) is 7.06. The standard InChI is InChI=1S/C19H18N6O3S/c1-28-16-11(19-21-7-8-29-19)3-2-4-12(16)22-13-9-14(23-18(27)10-5-6-10)24-25-15(13)17(20)26/h2-4,7-10H,5-6H2,1H3,(H2,20,26)(H2,22,23,24,27). The molecule has 1 aromatic carbocycles. The molecule has 4 rings (SSSR count). The number of benzene rings is 1. The third kappa shape index (κ3) is 4.02. The molecule has 1 aliphatic rings. The minimum absolute atomic E-state index is 0.0131. The molecule has 10 heteroatoms. The number of amides is 2. The molecule has 0 aliphatic heterocycles. The quantitative estimate of drug-likeness (QED) is 0.545. The van der Waals surface area contributed by atoms with Crippen molar-refractivity contribution in [3.05, 3.63) is 41.5 Å². The Labute approximate surface area is 170 Å². The number of rotatable bonds is 7. The number of methoxy groups -OCH3 is 1. The van der Waals surface area contributed by atoms with E-state index in [2.05, 4.69) is 25.8 Å². The monoisotopic (exact) mass is 410 g/mol. The van der Waals surface area contributed by atoms with Crippen molar-refractivity contribution in [2.24, 2.45) is 11.7 Å². The topological polar surface area (TPSA) is 132 Å². The van der Waals surface area contributed by atoms with E-state index in [1.165, 1.54) is 17.4 Å². The van der Waals surface area contributed by atoms with Gasteiger partial charge in [-0.15, -0.1) is 21.5 Å². The van der Waals surface area contributed by atoms with Gasteiger partial charge in [0.2, 0.25) is 5.91 Å². The van der Waals surface area contributed by atoms with Crippen molar-refractivity contribution in [3.8, 4) is 16.3 Å². The molecule has 0 unspecified atom stereocenters. The van der Waals surface area contributed by atoms with Crippen LogP contribution in [0.4, 0.5) is 17.2 Å². The van der Waals surface area contributed by atoms with Gasteiger partial charge in [0.15, 0.2) is 17.3 Å². The lowest BCUT2D eigenvalue weighted by molar-refractivity contribution is -0.117. The van der Waals surface area contributed by atoms with Crippen molar-refractivity contribution in [1.29, 1.82) is 0 Å². The van der Waals surface area contributed by atoms with Gasteiger partial charge in [-0.05, 0) is 25.0 Å². The Morgan fingerprint density at radius 2 is 2.07 bits per heavy atom. The molecule has 29 heavy (non-hydrogen) atoms. The first kappa shape index (κ1) is 18.8. The Morgan fingerprint density at radius 1 is 1.24 bits per heavy atom. The Kier molecular flexibility index (Phi) is 5.09. The number of primary amides is 1. The maximum Gasteiger partial charge on any atom is 0.271 e. The zero-order valence-corrected chi connectivity index (χ0v) is 16.3. The van der Waals surface area contributed by atoms with E-state index in [4.69, 9.17) is 10.5 Å². The number of carbonyl (C=O) groups is 2. The van der Waals surface area contributed by atoms with Gasteiger partial charge >= 0.3 is 0 Å². The van der Waals surface area contributed by atoms with Gasteiger partial charge in [-0.25, -0.2) is 4.98 Å². The number of anilines is 3. The second kappa shape index (κ2) is 7.84. The number of carbonyl (C=O) groups excluding carboxylic acids is 2. The number of nitrogens with zero attached hydrogens (tertiary/aromatic N) is 3. The van der Waals surface area contributed by atoms with Gasteiger partial charge in [-0.2, -0.15) is 0 Å². The SMILES string of the molecule is COc1c(Nc2cc(NC(=O)C3CC3)nnc2C(N)=O)cccc1-c1nccs1. The normalized spacial score (nSPS) is 13.0. The van der Waals surface area contributed by atoms with E-state index < -0.39 is 5.91 Å². The number of ether oxygens (including phenoxy) is 1. The summed E-state index contributed by atoms with van der Waals surface area (Å²) in [6.45, 7) is 0. The van der Waals surface area contributed by atoms with Crippen LogP contribution in [0.3, 0.4) is 0 Å². The zero-order chi connectivity index (χ0) is 20.4. The second-order valence-corrected chi connectivity index (χ2v) is 7.36. The van der Waals surface area contributed by atoms with E-state index in [9.17, 15) is 9.59 Å². The molecule has 0 atom stereocenters. The molecule has 1 fully saturated rings. The van der Waals surface area contributed by atoms with Crippen molar-refractivity contribution in [1.82, 2.24) is 15.2 Å². The summed E-state index contributed by atoms with van der Waals surface area (Å²) < 4.78 is 5.59. The summed E-state index contributed by atoms with van der Waals surface area (Å²) in [5.41, 5.74) is 7.11. The Balaban J connectivity index is 1.70. The number of hydrogen-bond donors (Lipinski definition) is 3. The molecule has 0 spiro atoms. The van der Waals surface area contributed by atoms with Gasteiger partial charge in [0.25, 0.3) is 5.91 Å². The molecule has 2 aromatic heterocycles. The lowest BCUT2D eigenvalue weighted by Gasteiger charge is -2.15. The molecular formula is C19H18N6O3S. The Hall–Kier alpha value is -3.53. The molecule has 148 valence electrons. The fourth-order valence-electron chi connectivity index (χ4n) is 2.83. The van der Waals surface area contributed by atoms with Gasteiger partial charge < -0.3 is 21.1 Å². The van der Waals surface area contributed by atoms with Crippen LogP contribution in [0.5, 0.6) is 5.75 Å². The van der Waals surface area contributed by atoms with E-state index in [-0.39, 0.29) is 23.3 Å². The summed E-state index contributed by atoms with van der Waals surface area (Å²) in [4.78, 5) is 28.2. The van der Waals surface area contributed by atoms with E-state index in [0.717, 1.165) is 23.4 Å². The molecule has 2 heterocycles. The molecular weight excluding hydrogens is 392 g/mol. The van der Waals surface area contributed by atoms with Crippen LogP contribution in [0.2, 0.25) is 0 Å². The third-order valence-corrected chi connectivity index (χ3v) is 5.18. The molecule has 1 saturated carbocycles. The summed E-state index contributed by atoms with van der Waals surface area (Å²) in [6.07, 6.45) is 3.45. The number of para-hydroxylation sites is 1. The lowest BCUT2D eigenvalue weighted by atomic mass is 10.1. The molecule has 9 nitrogen and oxygen atoms in total. The summed E-state index contributed by atoms with van der Waals surface area (Å²) >= 11 is 1.48. The van der Waals surface area contributed by atoms with Crippen molar-refractivity contribution >= 4 is 40.3 Å². The van der Waals surface area contributed by atoms with Crippen LogP contribution < -0.4 is 21.1 Å². The molecule has 0 saturated heterocycles. The van der Waals surface area contributed by atoms with E-state index in [0.29, 0.717) is 17.1 Å². The molecule has 3 aromatic rings. The van der Waals surface area contributed by atoms with Crippen LogP contribution >= 0.6 is 11.3 Å². The van der Waals surface area contributed by atoms with Crippen LogP contribution in [0.25, 0.3) is 10.6 Å². The largest absolute Gasteiger partial charge is 0.494 e. The van der Waals surface area contributed by atoms with Crippen molar-refractivity contribution in [3.63, 3.8) is 0 Å². The predicted molar refractivity (Wildman–Crippen MR) is 109 cm³/mol. The Morgan fingerprint density at radius 3 is 2.72 bits per heavy atom. The average molecular weight is 410 g/mol. The maximum absolute atomic E-state index is 12.0. The number of nitrogens with one attached hydrogen (secondary N) is 2. The number of nitrogens with two attached hydrogens (primary N) is 1. The summed E-state index contributed by atoms with van der Waals surface area (Å²) in [5.74, 6) is -0.0441. The molecule has 4 N–H and O–H groups in total. The van der Waals surface area contributed by atoms with Crippen molar-refractivity contribution in [2.45, 2.75) is 12.8 Å². The smallest absolute Gasteiger partial charge is 0.271 e. The average Bonchev–Trinajstić information content (AvgIpc) is 3.42. The maximum atomic E-state index is 12.0. The third-order valence-electron chi connectivity index (χ3n) is 4.38. The highest BCUT2D eigenvalue weighted by Gasteiger charge is 2.30. The van der Waals surface area contributed by atoms with E-state index >= 15 is 0 Å². The molecule has 0 bridgehead atoms.